The molecule has 0 unspecified atom stereocenters. The number of hydrogen-bond donors (Lipinski definition) is 0. The van der Waals surface area contributed by atoms with Crippen molar-refractivity contribution < 1.29 is 0 Å². The van der Waals surface area contributed by atoms with Crippen molar-refractivity contribution in [1.82, 2.24) is 0 Å². The van der Waals surface area contributed by atoms with Crippen LogP contribution in [0.3, 0.4) is 0 Å². The highest BCUT2D eigenvalue weighted by Crippen LogP contribution is 2.52. The van der Waals surface area contributed by atoms with Crippen LogP contribution in [0.2, 0.25) is 0 Å². The fraction of sp³-hybridized carbons (Fsp3) is 0.128. The molecule has 1 aliphatic carbocycles. The molecule has 0 N–H and O–H groups in total. The molecule has 0 atom stereocenters. The Labute approximate surface area is 240 Å². The molecular formula is C39H30S. The lowest BCUT2D eigenvalue weighted by Crippen LogP contribution is -2.03. The molecule has 0 radical (unpaired) electrons. The average Bonchev–Trinajstić information content (AvgIpc) is 3.00. The zero-order valence-corrected chi connectivity index (χ0v) is 23.7. The Morgan fingerprint density at radius 1 is 0.600 bits per heavy atom. The van der Waals surface area contributed by atoms with Gasteiger partial charge in [0.1, 0.15) is 0 Å². The normalized spacial score (nSPS) is 13.6. The van der Waals surface area contributed by atoms with Crippen molar-refractivity contribution >= 4 is 39.4 Å². The van der Waals surface area contributed by atoms with E-state index < -0.39 is 0 Å². The first kappa shape index (κ1) is 23.8. The summed E-state index contributed by atoms with van der Waals surface area (Å²) in [6.07, 6.45) is 6.88. The van der Waals surface area contributed by atoms with Gasteiger partial charge in [-0.15, -0.1) is 0 Å². The summed E-state index contributed by atoms with van der Waals surface area (Å²) in [7, 11) is 0. The van der Waals surface area contributed by atoms with E-state index in [1.54, 1.807) is 0 Å². The lowest BCUT2D eigenvalue weighted by molar-refractivity contribution is 0.867. The first-order valence-electron chi connectivity index (χ1n) is 14.4. The summed E-state index contributed by atoms with van der Waals surface area (Å²) >= 11 is 1.90. The topological polar surface area (TPSA) is 0 Å². The zero-order chi connectivity index (χ0) is 26.8. The molecule has 2 aliphatic rings. The molecule has 0 saturated carbocycles. The van der Waals surface area contributed by atoms with Gasteiger partial charge < -0.3 is 0 Å². The third-order valence-corrected chi connectivity index (χ3v) is 9.88. The first-order chi connectivity index (χ1) is 19.7. The van der Waals surface area contributed by atoms with Crippen LogP contribution in [-0.4, -0.2) is 0 Å². The molecule has 0 fully saturated rings. The van der Waals surface area contributed by atoms with Gasteiger partial charge in [-0.3, -0.25) is 0 Å². The standard InChI is InChI=1S/C39H30S/c1-24(2)25-18-20-26(21-19-25)37-29-11-3-5-13-31(29)38(32-14-6-4-12-30(32)37)34-22-23-36-39-28(15-9-16-33(34)39)27-10-7-8-17-35(27)40-36/h3-5,7-13,15-24H,6,14H2,1-2H3. The van der Waals surface area contributed by atoms with E-state index in [2.05, 4.69) is 129 Å². The van der Waals surface area contributed by atoms with Crippen LogP contribution in [0.25, 0.3) is 61.0 Å². The van der Waals surface area contributed by atoms with Gasteiger partial charge in [-0.1, -0.05) is 129 Å². The Morgan fingerprint density at radius 3 is 2.15 bits per heavy atom. The summed E-state index contributed by atoms with van der Waals surface area (Å²) < 4.78 is 0. The van der Waals surface area contributed by atoms with Gasteiger partial charge in [0, 0.05) is 15.2 Å². The fourth-order valence-corrected chi connectivity index (χ4v) is 7.97. The lowest BCUT2D eigenvalue weighted by atomic mass is 9.79. The van der Waals surface area contributed by atoms with Crippen molar-refractivity contribution in [3.05, 3.63) is 126 Å². The Hall–Kier alpha value is -4.07. The quantitative estimate of drug-likeness (QED) is 0.219. The molecule has 0 nitrogen and oxygen atoms in total. The highest BCUT2D eigenvalue weighted by Gasteiger charge is 2.25. The van der Waals surface area contributed by atoms with Gasteiger partial charge in [0.25, 0.3) is 0 Å². The fourth-order valence-electron chi connectivity index (χ4n) is 6.84. The Balaban J connectivity index is 1.45. The van der Waals surface area contributed by atoms with Crippen LogP contribution < -0.4 is 0 Å². The van der Waals surface area contributed by atoms with Crippen LogP contribution in [0.5, 0.6) is 0 Å². The van der Waals surface area contributed by atoms with Crippen molar-refractivity contribution in [3.63, 3.8) is 0 Å². The number of fused-ring (bicyclic) bond motifs is 4. The summed E-state index contributed by atoms with van der Waals surface area (Å²) in [5, 5.41) is 5.43. The molecule has 1 aliphatic heterocycles. The lowest BCUT2D eigenvalue weighted by Gasteiger charge is -2.26. The second-order valence-electron chi connectivity index (χ2n) is 11.3. The molecule has 0 amide bonds. The van der Waals surface area contributed by atoms with Gasteiger partial charge >= 0.3 is 0 Å². The Bertz CT molecular complexity index is 1990. The molecule has 6 aromatic rings. The zero-order valence-electron chi connectivity index (χ0n) is 22.9. The largest absolute Gasteiger partial charge is 0.0888 e. The highest BCUT2D eigenvalue weighted by molar-refractivity contribution is 7.99. The number of benzene rings is 6. The van der Waals surface area contributed by atoms with E-state index in [0.717, 1.165) is 12.8 Å². The van der Waals surface area contributed by atoms with Crippen LogP contribution in [-0.2, 0) is 6.42 Å². The summed E-state index contributed by atoms with van der Waals surface area (Å²) in [6, 6.07) is 38.8. The molecular weight excluding hydrogens is 500 g/mol. The van der Waals surface area contributed by atoms with E-state index in [0.29, 0.717) is 5.92 Å². The predicted molar refractivity (Wildman–Crippen MR) is 173 cm³/mol. The molecule has 8 rings (SSSR count). The molecule has 0 spiro atoms. The summed E-state index contributed by atoms with van der Waals surface area (Å²) in [5.41, 5.74) is 12.4. The van der Waals surface area contributed by atoms with Gasteiger partial charge in [-0.05, 0) is 97.1 Å². The highest BCUT2D eigenvalue weighted by atomic mass is 32.2. The molecule has 0 aromatic heterocycles. The van der Waals surface area contributed by atoms with E-state index in [1.807, 2.05) is 11.8 Å². The minimum absolute atomic E-state index is 0.528. The van der Waals surface area contributed by atoms with Gasteiger partial charge in [0.2, 0.25) is 0 Å². The second kappa shape index (κ2) is 9.25. The van der Waals surface area contributed by atoms with E-state index in [9.17, 15) is 0 Å². The molecule has 6 aromatic carbocycles. The van der Waals surface area contributed by atoms with E-state index in [1.165, 1.54) is 81.4 Å². The smallest absolute Gasteiger partial charge is 0.0207 e. The molecule has 1 heterocycles. The summed E-state index contributed by atoms with van der Waals surface area (Å²) in [5.74, 6) is 0.528. The van der Waals surface area contributed by atoms with Crippen molar-refractivity contribution in [1.29, 1.82) is 0 Å². The van der Waals surface area contributed by atoms with Crippen LogP contribution in [0.1, 0.15) is 42.9 Å². The number of hydrogen-bond acceptors (Lipinski definition) is 1. The van der Waals surface area contributed by atoms with Crippen LogP contribution in [0.15, 0.2) is 119 Å². The molecule has 1 heteroatoms. The first-order valence-corrected chi connectivity index (χ1v) is 15.2. The molecule has 192 valence electrons. The maximum Gasteiger partial charge on any atom is 0.0207 e. The number of rotatable bonds is 3. The molecule has 0 bridgehead atoms. The van der Waals surface area contributed by atoms with Crippen molar-refractivity contribution in [2.75, 3.05) is 0 Å². The predicted octanol–water partition coefficient (Wildman–Crippen LogP) is 11.5. The van der Waals surface area contributed by atoms with Gasteiger partial charge in [-0.2, -0.15) is 0 Å². The van der Waals surface area contributed by atoms with E-state index in [4.69, 9.17) is 0 Å². The number of allylic oxidation sites excluding steroid dienone is 1. The van der Waals surface area contributed by atoms with Gasteiger partial charge in [0.05, 0.1) is 0 Å². The van der Waals surface area contributed by atoms with Gasteiger partial charge in [0.15, 0.2) is 0 Å². The van der Waals surface area contributed by atoms with Gasteiger partial charge in [-0.25, -0.2) is 0 Å². The van der Waals surface area contributed by atoms with Crippen molar-refractivity contribution in [3.8, 4) is 33.4 Å². The third-order valence-electron chi connectivity index (χ3n) is 8.74. The van der Waals surface area contributed by atoms with E-state index >= 15 is 0 Å². The van der Waals surface area contributed by atoms with Crippen molar-refractivity contribution in [2.45, 2.75) is 42.4 Å². The Kier molecular flexibility index (Phi) is 5.50. The molecule has 40 heavy (non-hydrogen) atoms. The summed E-state index contributed by atoms with van der Waals surface area (Å²) in [6.45, 7) is 4.53. The summed E-state index contributed by atoms with van der Waals surface area (Å²) in [4.78, 5) is 2.70. The third kappa shape index (κ3) is 3.54. The minimum Gasteiger partial charge on any atom is -0.0888 e. The molecule has 0 saturated heterocycles. The minimum atomic E-state index is 0.528. The van der Waals surface area contributed by atoms with Crippen molar-refractivity contribution in [2.24, 2.45) is 0 Å². The maximum absolute atomic E-state index is 2.39. The van der Waals surface area contributed by atoms with Crippen LogP contribution in [0, 0.1) is 0 Å². The van der Waals surface area contributed by atoms with Crippen LogP contribution in [0.4, 0.5) is 0 Å². The monoisotopic (exact) mass is 530 g/mol. The maximum atomic E-state index is 2.39. The Morgan fingerprint density at radius 2 is 1.32 bits per heavy atom. The SMILES string of the molecule is CC(C)c1ccc(-c2c3c(c(-c4ccc5c6c(cccc46)-c4ccccc4S5)c4ccccc24)CCC=C3)cc1. The second-order valence-corrected chi connectivity index (χ2v) is 12.4. The van der Waals surface area contributed by atoms with E-state index in [-0.39, 0.29) is 0 Å². The van der Waals surface area contributed by atoms with Crippen LogP contribution >= 0.6 is 11.8 Å². The average molecular weight is 531 g/mol.